The fraction of sp³-hybridized carbons (Fsp3) is 0.333. The number of ether oxygens (including phenoxy) is 2. The molecule has 1 aliphatic heterocycles. The Hall–Kier alpha value is -2.10. The summed E-state index contributed by atoms with van der Waals surface area (Å²) in [6, 6.07) is 7.39. The highest BCUT2D eigenvalue weighted by Crippen LogP contribution is 2.35. The van der Waals surface area contributed by atoms with Crippen LogP contribution >= 0.6 is 0 Å². The van der Waals surface area contributed by atoms with Crippen LogP contribution in [-0.2, 0) is 14.3 Å². The van der Waals surface area contributed by atoms with Gasteiger partial charge in [-0.2, -0.15) is 0 Å². The fourth-order valence-corrected chi connectivity index (χ4v) is 2.40. The molecule has 0 N–H and O–H groups in total. The van der Waals surface area contributed by atoms with Gasteiger partial charge < -0.3 is 9.47 Å². The first-order valence-electron chi connectivity index (χ1n) is 6.09. The third-order valence-electron chi connectivity index (χ3n) is 3.26. The summed E-state index contributed by atoms with van der Waals surface area (Å²) in [4.78, 5) is 23.3. The van der Waals surface area contributed by atoms with Gasteiger partial charge >= 0.3 is 5.97 Å². The van der Waals surface area contributed by atoms with Crippen LogP contribution < -0.4 is 4.74 Å². The molecule has 1 heterocycles. The lowest BCUT2D eigenvalue weighted by molar-refractivity contribution is -0.141. The van der Waals surface area contributed by atoms with Gasteiger partial charge in [-0.25, -0.2) is 0 Å². The minimum absolute atomic E-state index is 0.0641. The number of carbonyl (C=O) groups is 2. The van der Waals surface area contributed by atoms with Crippen LogP contribution in [0, 0.1) is 0 Å². The molecule has 0 bridgehead atoms. The minimum atomic E-state index is -0.302. The molecule has 0 saturated carbocycles. The van der Waals surface area contributed by atoms with E-state index >= 15 is 0 Å². The lowest BCUT2D eigenvalue weighted by Gasteiger charge is -2.25. The van der Waals surface area contributed by atoms with Crippen LogP contribution in [0.2, 0.25) is 0 Å². The maximum absolute atomic E-state index is 11.7. The molecule has 100 valence electrons. The van der Waals surface area contributed by atoms with Crippen molar-refractivity contribution in [2.24, 2.45) is 0 Å². The largest absolute Gasteiger partial charge is 0.497 e. The first-order valence-corrected chi connectivity index (χ1v) is 6.09. The van der Waals surface area contributed by atoms with Crippen molar-refractivity contribution in [2.45, 2.75) is 26.2 Å². The van der Waals surface area contributed by atoms with Crippen molar-refractivity contribution in [3.63, 3.8) is 0 Å². The number of benzene rings is 1. The molecule has 4 nitrogen and oxygen atoms in total. The van der Waals surface area contributed by atoms with Gasteiger partial charge in [-0.05, 0) is 31.5 Å². The summed E-state index contributed by atoms with van der Waals surface area (Å²) in [6.45, 7) is 3.15. The van der Waals surface area contributed by atoms with E-state index in [9.17, 15) is 9.59 Å². The molecule has 0 radical (unpaired) electrons. The number of cyclic esters (lactones) is 1. The maximum atomic E-state index is 11.7. The Morgan fingerprint density at radius 1 is 1.32 bits per heavy atom. The molecule has 0 aromatic heterocycles. The summed E-state index contributed by atoms with van der Waals surface area (Å²) in [7, 11) is 1.60. The van der Waals surface area contributed by atoms with E-state index in [4.69, 9.17) is 9.47 Å². The average molecular weight is 260 g/mol. The highest BCUT2D eigenvalue weighted by molar-refractivity contribution is 5.97. The average Bonchev–Trinajstić information content (AvgIpc) is 2.37. The summed E-state index contributed by atoms with van der Waals surface area (Å²) >= 11 is 0. The van der Waals surface area contributed by atoms with Gasteiger partial charge in [0.1, 0.15) is 11.5 Å². The highest BCUT2D eigenvalue weighted by atomic mass is 16.5. The van der Waals surface area contributed by atoms with Crippen LogP contribution in [0.25, 0.3) is 0 Å². The Kier molecular flexibility index (Phi) is 3.69. The van der Waals surface area contributed by atoms with E-state index in [-0.39, 0.29) is 24.1 Å². The minimum Gasteiger partial charge on any atom is -0.497 e. The van der Waals surface area contributed by atoms with Crippen LogP contribution in [0.1, 0.15) is 31.7 Å². The van der Waals surface area contributed by atoms with E-state index in [0.29, 0.717) is 11.3 Å². The van der Waals surface area contributed by atoms with Gasteiger partial charge in [0.15, 0.2) is 5.78 Å². The van der Waals surface area contributed by atoms with Crippen molar-refractivity contribution < 1.29 is 19.1 Å². The maximum Gasteiger partial charge on any atom is 0.311 e. The SMILES string of the molecule is COc1ccc(C2CC(=O)OC(C)=C2C(C)=O)cc1. The summed E-state index contributed by atoms with van der Waals surface area (Å²) in [5.74, 6) is 0.551. The molecule has 2 rings (SSSR count). The third kappa shape index (κ3) is 2.67. The molecule has 1 aromatic carbocycles. The number of ketones is 1. The Balaban J connectivity index is 2.42. The zero-order chi connectivity index (χ0) is 14.0. The number of Topliss-reactive ketones (excluding diaryl/α,β-unsaturated/α-hetero) is 1. The number of methoxy groups -OCH3 is 1. The normalized spacial score (nSPS) is 19.1. The van der Waals surface area contributed by atoms with Gasteiger partial charge in [0.25, 0.3) is 0 Å². The first-order chi connectivity index (χ1) is 9.02. The molecular weight excluding hydrogens is 244 g/mol. The molecule has 1 aromatic rings. The molecular formula is C15H16O4. The molecule has 0 spiro atoms. The van der Waals surface area contributed by atoms with Gasteiger partial charge in [-0.1, -0.05) is 12.1 Å². The van der Waals surface area contributed by atoms with Crippen molar-refractivity contribution in [3.8, 4) is 5.75 Å². The standard InChI is InChI=1S/C15H16O4/c1-9(16)15-10(2)19-14(17)8-13(15)11-4-6-12(18-3)7-5-11/h4-7,13H,8H2,1-3H3. The van der Waals surface area contributed by atoms with Crippen molar-refractivity contribution in [1.82, 2.24) is 0 Å². The third-order valence-corrected chi connectivity index (χ3v) is 3.26. The molecule has 1 unspecified atom stereocenters. The predicted molar refractivity (Wildman–Crippen MR) is 69.8 cm³/mol. The first kappa shape index (κ1) is 13.3. The second-order valence-corrected chi connectivity index (χ2v) is 4.53. The smallest absolute Gasteiger partial charge is 0.311 e. The van der Waals surface area contributed by atoms with E-state index in [0.717, 1.165) is 11.3 Å². The number of carbonyl (C=O) groups excluding carboxylic acids is 2. The van der Waals surface area contributed by atoms with Gasteiger partial charge in [0, 0.05) is 11.5 Å². The van der Waals surface area contributed by atoms with Crippen molar-refractivity contribution in [1.29, 1.82) is 0 Å². The highest BCUT2D eigenvalue weighted by Gasteiger charge is 2.31. The topological polar surface area (TPSA) is 52.6 Å². The molecule has 1 aliphatic rings. The summed E-state index contributed by atoms with van der Waals surface area (Å²) < 4.78 is 10.2. The number of hydrogen-bond donors (Lipinski definition) is 0. The Morgan fingerprint density at radius 2 is 1.95 bits per heavy atom. The summed E-state index contributed by atoms with van der Waals surface area (Å²) in [6.07, 6.45) is 0.193. The summed E-state index contributed by atoms with van der Waals surface area (Å²) in [5.41, 5.74) is 1.49. The van der Waals surface area contributed by atoms with Gasteiger partial charge in [-0.15, -0.1) is 0 Å². The Bertz CT molecular complexity index is 540. The van der Waals surface area contributed by atoms with Gasteiger partial charge in [0.2, 0.25) is 0 Å². The van der Waals surface area contributed by atoms with E-state index in [1.165, 1.54) is 6.92 Å². The fourth-order valence-electron chi connectivity index (χ4n) is 2.40. The zero-order valence-corrected chi connectivity index (χ0v) is 11.2. The second-order valence-electron chi connectivity index (χ2n) is 4.53. The quantitative estimate of drug-likeness (QED) is 0.784. The van der Waals surface area contributed by atoms with Crippen molar-refractivity contribution >= 4 is 11.8 Å². The van der Waals surface area contributed by atoms with Crippen LogP contribution in [0.5, 0.6) is 5.75 Å². The monoisotopic (exact) mass is 260 g/mol. The van der Waals surface area contributed by atoms with Crippen molar-refractivity contribution in [3.05, 3.63) is 41.2 Å². The molecule has 0 amide bonds. The van der Waals surface area contributed by atoms with Crippen LogP contribution in [0.15, 0.2) is 35.6 Å². The summed E-state index contributed by atoms with van der Waals surface area (Å²) in [5, 5.41) is 0. The second kappa shape index (κ2) is 5.26. The van der Waals surface area contributed by atoms with Crippen molar-refractivity contribution in [2.75, 3.05) is 7.11 Å². The number of esters is 1. The van der Waals surface area contributed by atoms with Gasteiger partial charge in [0.05, 0.1) is 13.5 Å². The molecule has 0 saturated heterocycles. The molecule has 4 heteroatoms. The Morgan fingerprint density at radius 3 is 2.47 bits per heavy atom. The van der Waals surface area contributed by atoms with Gasteiger partial charge in [-0.3, -0.25) is 9.59 Å². The van der Waals surface area contributed by atoms with E-state index in [2.05, 4.69) is 0 Å². The van der Waals surface area contributed by atoms with Crippen LogP contribution in [0.4, 0.5) is 0 Å². The predicted octanol–water partition coefficient (Wildman–Crippen LogP) is 2.59. The lowest BCUT2D eigenvalue weighted by Crippen LogP contribution is -2.23. The van der Waals surface area contributed by atoms with Crippen LogP contribution in [-0.4, -0.2) is 18.9 Å². The molecule has 1 atom stereocenters. The molecule has 0 fully saturated rings. The molecule has 19 heavy (non-hydrogen) atoms. The number of hydrogen-bond acceptors (Lipinski definition) is 4. The lowest BCUT2D eigenvalue weighted by atomic mass is 9.84. The van der Waals surface area contributed by atoms with Crippen LogP contribution in [0.3, 0.4) is 0 Å². The van der Waals surface area contributed by atoms with E-state index in [1.54, 1.807) is 14.0 Å². The van der Waals surface area contributed by atoms with E-state index in [1.807, 2.05) is 24.3 Å². The zero-order valence-electron chi connectivity index (χ0n) is 11.2. The molecule has 0 aliphatic carbocycles. The van der Waals surface area contributed by atoms with E-state index < -0.39 is 0 Å². The Labute approximate surface area is 112 Å². The number of rotatable bonds is 3. The number of allylic oxidation sites excluding steroid dienone is 2.